The zero-order valence-corrected chi connectivity index (χ0v) is 12.5. The van der Waals surface area contributed by atoms with E-state index in [2.05, 4.69) is 65.8 Å². The highest BCUT2D eigenvalue weighted by atomic mass is 14.9. The standard InChI is InChI=1S/C19H22N2/c1-2-3-4-15-6-9-18(10-7-15)21-14-16-5-8-17-11-12-20-19(17)13-16/h5-13,20-21H,2-4,14H2,1H3. The molecule has 1 aromatic heterocycles. The summed E-state index contributed by atoms with van der Waals surface area (Å²) in [5.74, 6) is 0. The highest BCUT2D eigenvalue weighted by molar-refractivity contribution is 5.79. The first-order valence-corrected chi connectivity index (χ1v) is 7.74. The van der Waals surface area contributed by atoms with Crippen LogP contribution in [0.15, 0.2) is 54.7 Å². The summed E-state index contributed by atoms with van der Waals surface area (Å²) >= 11 is 0. The lowest BCUT2D eigenvalue weighted by Gasteiger charge is -2.08. The fourth-order valence-electron chi connectivity index (χ4n) is 2.58. The summed E-state index contributed by atoms with van der Waals surface area (Å²) in [5.41, 5.74) is 5.10. The van der Waals surface area contributed by atoms with E-state index < -0.39 is 0 Å². The molecule has 0 bridgehead atoms. The Morgan fingerprint density at radius 1 is 0.952 bits per heavy atom. The molecule has 1 heterocycles. The number of hydrogen-bond acceptors (Lipinski definition) is 1. The van der Waals surface area contributed by atoms with Crippen molar-refractivity contribution in [3.8, 4) is 0 Å². The zero-order valence-electron chi connectivity index (χ0n) is 12.5. The first-order valence-electron chi connectivity index (χ1n) is 7.74. The molecule has 0 saturated carbocycles. The van der Waals surface area contributed by atoms with Crippen molar-refractivity contribution in [3.63, 3.8) is 0 Å². The van der Waals surface area contributed by atoms with E-state index in [0.717, 1.165) is 6.54 Å². The van der Waals surface area contributed by atoms with Gasteiger partial charge in [-0.15, -0.1) is 0 Å². The predicted molar refractivity (Wildman–Crippen MR) is 90.7 cm³/mol. The molecule has 0 aliphatic carbocycles. The van der Waals surface area contributed by atoms with Gasteiger partial charge in [-0.05, 0) is 53.6 Å². The molecule has 0 aliphatic heterocycles. The summed E-state index contributed by atoms with van der Waals surface area (Å²) in [6.45, 7) is 3.08. The van der Waals surface area contributed by atoms with Crippen LogP contribution >= 0.6 is 0 Å². The monoisotopic (exact) mass is 278 g/mol. The molecule has 0 unspecified atom stereocenters. The number of fused-ring (bicyclic) bond motifs is 1. The maximum absolute atomic E-state index is 3.49. The first kappa shape index (κ1) is 13.7. The molecule has 2 heteroatoms. The molecule has 0 spiro atoms. The second-order valence-corrected chi connectivity index (χ2v) is 5.55. The molecule has 2 nitrogen and oxygen atoms in total. The Bertz CT molecular complexity index is 695. The summed E-state index contributed by atoms with van der Waals surface area (Å²) in [5, 5.41) is 4.75. The molecule has 0 amide bonds. The minimum Gasteiger partial charge on any atom is -0.381 e. The molecule has 2 N–H and O–H groups in total. The lowest BCUT2D eigenvalue weighted by molar-refractivity contribution is 0.795. The Morgan fingerprint density at radius 3 is 2.57 bits per heavy atom. The molecule has 0 aliphatic rings. The number of unbranched alkanes of at least 4 members (excludes halogenated alkanes) is 1. The molecule has 0 fully saturated rings. The Hall–Kier alpha value is -2.22. The van der Waals surface area contributed by atoms with E-state index in [9.17, 15) is 0 Å². The number of rotatable bonds is 6. The minimum absolute atomic E-state index is 0.850. The summed E-state index contributed by atoms with van der Waals surface area (Å²) in [6.07, 6.45) is 5.68. The van der Waals surface area contributed by atoms with Crippen molar-refractivity contribution in [1.82, 2.24) is 4.98 Å². The highest BCUT2D eigenvalue weighted by Gasteiger charge is 1.98. The van der Waals surface area contributed by atoms with Crippen LogP contribution in [0, 0.1) is 0 Å². The molecule has 0 saturated heterocycles. The Kier molecular flexibility index (Phi) is 4.25. The van der Waals surface area contributed by atoms with Crippen LogP contribution in [0.5, 0.6) is 0 Å². The predicted octanol–water partition coefficient (Wildman–Crippen LogP) is 5.12. The van der Waals surface area contributed by atoms with Crippen LogP contribution in [0.1, 0.15) is 30.9 Å². The van der Waals surface area contributed by atoms with Crippen LogP contribution in [0.4, 0.5) is 5.69 Å². The van der Waals surface area contributed by atoms with Crippen molar-refractivity contribution in [1.29, 1.82) is 0 Å². The summed E-state index contributed by atoms with van der Waals surface area (Å²) in [4.78, 5) is 3.26. The lowest BCUT2D eigenvalue weighted by atomic mass is 10.1. The van der Waals surface area contributed by atoms with Crippen LogP contribution in [0.25, 0.3) is 10.9 Å². The normalized spacial score (nSPS) is 10.9. The van der Waals surface area contributed by atoms with Gasteiger partial charge in [0, 0.05) is 23.9 Å². The van der Waals surface area contributed by atoms with Gasteiger partial charge in [-0.2, -0.15) is 0 Å². The summed E-state index contributed by atoms with van der Waals surface area (Å²) < 4.78 is 0. The molecular formula is C19H22N2. The van der Waals surface area contributed by atoms with Crippen LogP contribution in [-0.4, -0.2) is 4.98 Å². The van der Waals surface area contributed by atoms with Gasteiger partial charge in [-0.25, -0.2) is 0 Å². The van der Waals surface area contributed by atoms with E-state index in [1.54, 1.807) is 0 Å². The second kappa shape index (κ2) is 6.49. The molecule has 21 heavy (non-hydrogen) atoms. The summed E-state index contributed by atoms with van der Waals surface area (Å²) in [6, 6.07) is 17.5. The Balaban J connectivity index is 1.61. The van der Waals surface area contributed by atoms with Crippen molar-refractivity contribution in [2.45, 2.75) is 32.7 Å². The number of aromatic nitrogens is 1. The van der Waals surface area contributed by atoms with E-state index in [0.29, 0.717) is 0 Å². The lowest BCUT2D eigenvalue weighted by Crippen LogP contribution is -1.99. The van der Waals surface area contributed by atoms with Crippen LogP contribution in [0.2, 0.25) is 0 Å². The van der Waals surface area contributed by atoms with Crippen molar-refractivity contribution < 1.29 is 0 Å². The van der Waals surface area contributed by atoms with Crippen molar-refractivity contribution in [2.24, 2.45) is 0 Å². The molecule has 0 radical (unpaired) electrons. The van der Waals surface area contributed by atoms with Gasteiger partial charge < -0.3 is 10.3 Å². The summed E-state index contributed by atoms with van der Waals surface area (Å²) in [7, 11) is 0. The topological polar surface area (TPSA) is 27.8 Å². The second-order valence-electron chi connectivity index (χ2n) is 5.55. The quantitative estimate of drug-likeness (QED) is 0.643. The number of aromatic amines is 1. The largest absolute Gasteiger partial charge is 0.381 e. The molecular weight excluding hydrogens is 256 g/mol. The molecule has 3 rings (SSSR count). The van der Waals surface area contributed by atoms with Crippen LogP contribution < -0.4 is 5.32 Å². The third kappa shape index (κ3) is 3.46. The Labute approximate surface area is 126 Å². The zero-order chi connectivity index (χ0) is 14.5. The van der Waals surface area contributed by atoms with Crippen LogP contribution in [-0.2, 0) is 13.0 Å². The molecule has 0 atom stereocenters. The number of benzene rings is 2. The smallest absolute Gasteiger partial charge is 0.0457 e. The SMILES string of the molecule is CCCCc1ccc(NCc2ccc3cc[nH]c3c2)cc1. The van der Waals surface area contributed by atoms with E-state index >= 15 is 0 Å². The van der Waals surface area contributed by atoms with Gasteiger partial charge in [0.1, 0.15) is 0 Å². The fraction of sp³-hybridized carbons (Fsp3) is 0.263. The number of anilines is 1. The van der Waals surface area contributed by atoms with Crippen molar-refractivity contribution in [3.05, 3.63) is 65.9 Å². The van der Waals surface area contributed by atoms with E-state index in [4.69, 9.17) is 0 Å². The van der Waals surface area contributed by atoms with Gasteiger partial charge in [0.15, 0.2) is 0 Å². The third-order valence-electron chi connectivity index (χ3n) is 3.89. The number of hydrogen-bond donors (Lipinski definition) is 2. The van der Waals surface area contributed by atoms with Gasteiger partial charge in [-0.3, -0.25) is 0 Å². The fourth-order valence-corrected chi connectivity index (χ4v) is 2.58. The number of nitrogens with one attached hydrogen (secondary N) is 2. The first-order chi connectivity index (χ1) is 10.3. The minimum atomic E-state index is 0.850. The van der Waals surface area contributed by atoms with Gasteiger partial charge in [0.2, 0.25) is 0 Å². The average molecular weight is 278 g/mol. The maximum Gasteiger partial charge on any atom is 0.0457 e. The third-order valence-corrected chi connectivity index (χ3v) is 3.89. The highest BCUT2D eigenvalue weighted by Crippen LogP contribution is 2.16. The number of H-pyrrole nitrogens is 1. The van der Waals surface area contributed by atoms with E-state index in [1.807, 2.05) is 6.20 Å². The molecule has 108 valence electrons. The van der Waals surface area contributed by atoms with Crippen molar-refractivity contribution in [2.75, 3.05) is 5.32 Å². The van der Waals surface area contributed by atoms with Crippen molar-refractivity contribution >= 4 is 16.6 Å². The van der Waals surface area contributed by atoms with Gasteiger partial charge in [-0.1, -0.05) is 37.6 Å². The van der Waals surface area contributed by atoms with E-state index in [1.165, 1.54) is 47.0 Å². The number of aryl methyl sites for hydroxylation is 1. The maximum atomic E-state index is 3.49. The average Bonchev–Trinajstić information content (AvgIpc) is 2.99. The van der Waals surface area contributed by atoms with E-state index in [-0.39, 0.29) is 0 Å². The molecule has 2 aromatic carbocycles. The van der Waals surface area contributed by atoms with Gasteiger partial charge in [0.05, 0.1) is 0 Å². The van der Waals surface area contributed by atoms with Crippen LogP contribution in [0.3, 0.4) is 0 Å². The Morgan fingerprint density at radius 2 is 1.76 bits per heavy atom. The van der Waals surface area contributed by atoms with Gasteiger partial charge in [0.25, 0.3) is 0 Å². The molecule has 3 aromatic rings. The van der Waals surface area contributed by atoms with Gasteiger partial charge >= 0.3 is 0 Å².